The number of benzene rings is 2. The molecule has 2 aromatic carbocycles. The van der Waals surface area contributed by atoms with Gasteiger partial charge in [0.05, 0.1) is 18.1 Å². The third-order valence-corrected chi connectivity index (χ3v) is 5.43. The van der Waals surface area contributed by atoms with E-state index in [1.165, 1.54) is 19.2 Å². The largest absolute Gasteiger partial charge is 0.494 e. The first-order valence-corrected chi connectivity index (χ1v) is 10.5. The average Bonchev–Trinajstić information content (AvgIpc) is 2.69. The van der Waals surface area contributed by atoms with Crippen molar-refractivity contribution < 1.29 is 22.7 Å². The number of nitrogens with one attached hydrogen (secondary N) is 2. The van der Waals surface area contributed by atoms with Crippen LogP contribution in [0.1, 0.15) is 12.5 Å². The van der Waals surface area contributed by atoms with E-state index in [-0.39, 0.29) is 11.3 Å². The van der Waals surface area contributed by atoms with Crippen LogP contribution < -0.4 is 14.8 Å². The highest BCUT2D eigenvalue weighted by atomic mass is 32.2. The van der Waals surface area contributed by atoms with E-state index in [9.17, 15) is 13.2 Å². The third kappa shape index (κ3) is 6.63. The first-order chi connectivity index (χ1) is 13.5. The Hall–Kier alpha value is -2.42. The molecule has 0 aromatic heterocycles. The smallest absolute Gasteiger partial charge is 0.241 e. The summed E-state index contributed by atoms with van der Waals surface area (Å²) >= 11 is 0. The highest BCUT2D eigenvalue weighted by Crippen LogP contribution is 2.17. The lowest BCUT2D eigenvalue weighted by Crippen LogP contribution is -2.48. The SMILES string of the molecule is CCOc1ccc(S(=O)(=O)NC(Cc2ccccc2)C(=O)NCCOC)cc1. The molecule has 1 unspecified atom stereocenters. The molecule has 2 N–H and O–H groups in total. The van der Waals surface area contributed by atoms with Crippen molar-refractivity contribution in [3.63, 3.8) is 0 Å². The van der Waals surface area contributed by atoms with Gasteiger partial charge in [-0.15, -0.1) is 0 Å². The second-order valence-corrected chi connectivity index (χ2v) is 7.77. The lowest BCUT2D eigenvalue weighted by atomic mass is 10.1. The molecule has 1 atom stereocenters. The Labute approximate surface area is 166 Å². The zero-order valence-corrected chi connectivity index (χ0v) is 16.9. The van der Waals surface area contributed by atoms with Gasteiger partial charge in [0.15, 0.2) is 0 Å². The quantitative estimate of drug-likeness (QED) is 0.555. The second-order valence-electron chi connectivity index (χ2n) is 6.05. The molecule has 0 aliphatic carbocycles. The molecule has 2 aromatic rings. The molecule has 1 amide bonds. The fourth-order valence-corrected chi connectivity index (χ4v) is 3.77. The Morgan fingerprint density at radius 2 is 1.75 bits per heavy atom. The van der Waals surface area contributed by atoms with E-state index < -0.39 is 22.0 Å². The number of amides is 1. The van der Waals surface area contributed by atoms with Crippen LogP contribution in [0.5, 0.6) is 5.75 Å². The number of carbonyl (C=O) groups is 1. The Morgan fingerprint density at radius 1 is 1.07 bits per heavy atom. The number of methoxy groups -OCH3 is 1. The van der Waals surface area contributed by atoms with Crippen molar-refractivity contribution in [3.8, 4) is 5.75 Å². The van der Waals surface area contributed by atoms with Crippen molar-refractivity contribution in [2.24, 2.45) is 0 Å². The number of sulfonamides is 1. The summed E-state index contributed by atoms with van der Waals surface area (Å²) in [5.41, 5.74) is 0.851. The molecule has 0 radical (unpaired) electrons. The van der Waals surface area contributed by atoms with Crippen molar-refractivity contribution in [1.82, 2.24) is 10.0 Å². The number of carbonyl (C=O) groups excluding carboxylic acids is 1. The minimum atomic E-state index is -3.88. The average molecular weight is 407 g/mol. The molecule has 2 rings (SSSR count). The number of hydrogen-bond acceptors (Lipinski definition) is 5. The molecular formula is C20H26N2O5S. The van der Waals surface area contributed by atoms with Gasteiger partial charge in [-0.25, -0.2) is 8.42 Å². The maximum Gasteiger partial charge on any atom is 0.241 e. The molecule has 0 aliphatic heterocycles. The first kappa shape index (κ1) is 21.9. The van der Waals surface area contributed by atoms with Gasteiger partial charge in [-0.3, -0.25) is 4.79 Å². The zero-order valence-electron chi connectivity index (χ0n) is 16.1. The van der Waals surface area contributed by atoms with Gasteiger partial charge in [0.2, 0.25) is 15.9 Å². The van der Waals surface area contributed by atoms with Crippen molar-refractivity contribution in [3.05, 3.63) is 60.2 Å². The Morgan fingerprint density at radius 3 is 2.36 bits per heavy atom. The highest BCUT2D eigenvalue weighted by Gasteiger charge is 2.26. The van der Waals surface area contributed by atoms with Crippen molar-refractivity contribution in [2.45, 2.75) is 24.3 Å². The Bertz CT molecular complexity index is 839. The van der Waals surface area contributed by atoms with Gasteiger partial charge >= 0.3 is 0 Å². The van der Waals surface area contributed by atoms with Gasteiger partial charge in [0, 0.05) is 13.7 Å². The summed E-state index contributed by atoms with van der Waals surface area (Å²) in [5.74, 6) is 0.176. The van der Waals surface area contributed by atoms with Crippen LogP contribution in [0.3, 0.4) is 0 Å². The predicted molar refractivity (Wildman–Crippen MR) is 107 cm³/mol. The van der Waals surface area contributed by atoms with Crippen LogP contribution >= 0.6 is 0 Å². The van der Waals surface area contributed by atoms with E-state index in [1.54, 1.807) is 12.1 Å². The fraction of sp³-hybridized carbons (Fsp3) is 0.350. The standard InChI is InChI=1S/C20H26N2O5S/c1-3-27-17-9-11-18(12-10-17)28(24,25)22-19(20(23)21-13-14-26-2)15-16-7-5-4-6-8-16/h4-12,19,22H,3,13-15H2,1-2H3,(H,21,23). The fourth-order valence-electron chi connectivity index (χ4n) is 2.57. The molecule has 0 heterocycles. The molecule has 0 bridgehead atoms. The zero-order chi connectivity index (χ0) is 20.4. The second kappa shape index (κ2) is 10.8. The van der Waals surface area contributed by atoms with E-state index in [1.807, 2.05) is 37.3 Å². The maximum atomic E-state index is 12.8. The van der Waals surface area contributed by atoms with Gasteiger partial charge < -0.3 is 14.8 Å². The third-order valence-electron chi connectivity index (χ3n) is 3.95. The lowest BCUT2D eigenvalue weighted by Gasteiger charge is -2.19. The molecule has 0 saturated carbocycles. The molecule has 8 heteroatoms. The molecular weight excluding hydrogens is 380 g/mol. The first-order valence-electron chi connectivity index (χ1n) is 9.02. The van der Waals surface area contributed by atoms with Crippen LogP contribution in [-0.2, 0) is 26.0 Å². The molecule has 0 saturated heterocycles. The van der Waals surface area contributed by atoms with E-state index >= 15 is 0 Å². The summed E-state index contributed by atoms with van der Waals surface area (Å²) in [6.07, 6.45) is 0.232. The van der Waals surface area contributed by atoms with Crippen LogP contribution in [0.4, 0.5) is 0 Å². The van der Waals surface area contributed by atoms with E-state index in [0.717, 1.165) is 5.56 Å². The van der Waals surface area contributed by atoms with Crippen LogP contribution in [0, 0.1) is 0 Å². The van der Waals surface area contributed by atoms with Crippen LogP contribution in [0.25, 0.3) is 0 Å². The van der Waals surface area contributed by atoms with Gasteiger partial charge in [0.1, 0.15) is 11.8 Å². The molecule has 152 valence electrons. The topological polar surface area (TPSA) is 93.7 Å². The van der Waals surface area contributed by atoms with E-state index in [0.29, 0.717) is 25.5 Å². The summed E-state index contributed by atoms with van der Waals surface area (Å²) in [7, 11) is -2.35. The van der Waals surface area contributed by atoms with E-state index in [4.69, 9.17) is 9.47 Å². The molecule has 28 heavy (non-hydrogen) atoms. The van der Waals surface area contributed by atoms with Crippen molar-refractivity contribution in [2.75, 3.05) is 26.9 Å². The number of ether oxygens (including phenoxy) is 2. The molecule has 0 spiro atoms. The minimum Gasteiger partial charge on any atom is -0.494 e. The Kier molecular flexibility index (Phi) is 8.43. The summed E-state index contributed by atoms with van der Waals surface area (Å²) in [6.45, 7) is 2.98. The highest BCUT2D eigenvalue weighted by molar-refractivity contribution is 7.89. The normalized spacial score (nSPS) is 12.4. The van der Waals surface area contributed by atoms with Crippen LogP contribution in [0.2, 0.25) is 0 Å². The van der Waals surface area contributed by atoms with Crippen molar-refractivity contribution in [1.29, 1.82) is 0 Å². The monoisotopic (exact) mass is 406 g/mol. The number of hydrogen-bond donors (Lipinski definition) is 2. The summed E-state index contributed by atoms with van der Waals surface area (Å²) in [4.78, 5) is 12.6. The van der Waals surface area contributed by atoms with Crippen LogP contribution in [0.15, 0.2) is 59.5 Å². The summed E-state index contributed by atoms with van der Waals surface area (Å²) in [6, 6.07) is 14.4. The minimum absolute atomic E-state index is 0.0682. The Balaban J connectivity index is 2.17. The van der Waals surface area contributed by atoms with Gasteiger partial charge in [-0.05, 0) is 43.2 Å². The predicted octanol–water partition coefficient (Wildman–Crippen LogP) is 1.74. The van der Waals surface area contributed by atoms with Crippen LogP contribution in [-0.4, -0.2) is 47.2 Å². The molecule has 0 aliphatic rings. The summed E-state index contributed by atoms with van der Waals surface area (Å²) in [5, 5.41) is 2.69. The van der Waals surface area contributed by atoms with Gasteiger partial charge in [-0.1, -0.05) is 30.3 Å². The maximum absolute atomic E-state index is 12.8. The number of rotatable bonds is 11. The van der Waals surface area contributed by atoms with E-state index in [2.05, 4.69) is 10.0 Å². The molecule has 7 nitrogen and oxygen atoms in total. The lowest BCUT2D eigenvalue weighted by molar-refractivity contribution is -0.122. The van der Waals surface area contributed by atoms with Gasteiger partial charge in [0.25, 0.3) is 0 Å². The van der Waals surface area contributed by atoms with Crippen molar-refractivity contribution >= 4 is 15.9 Å². The summed E-state index contributed by atoms with van der Waals surface area (Å²) < 4.78 is 38.3. The molecule has 0 fully saturated rings. The van der Waals surface area contributed by atoms with Gasteiger partial charge in [-0.2, -0.15) is 4.72 Å².